The fraction of sp³-hybridized carbons (Fsp3) is 0.600. The van der Waals surface area contributed by atoms with Gasteiger partial charge in [-0.3, -0.25) is 0 Å². The minimum absolute atomic E-state index is 0.0621. The van der Waals surface area contributed by atoms with Crippen molar-refractivity contribution in [2.75, 3.05) is 0 Å². The van der Waals surface area contributed by atoms with Crippen LogP contribution in [0.15, 0.2) is 18.3 Å². The van der Waals surface area contributed by atoms with Gasteiger partial charge in [0.05, 0.1) is 11.7 Å². The van der Waals surface area contributed by atoms with E-state index in [-0.39, 0.29) is 16.2 Å². The standard InChI is InChI=1S/C20H30N2/c1-18(2,3)14-10-13-16(20(7,8)9)12-21-22-17(13)11-15(14)19(4,5)6/h10-12H,1-9H3. The lowest BCUT2D eigenvalue weighted by Gasteiger charge is -2.31. The highest BCUT2D eigenvalue weighted by Crippen LogP contribution is 2.38. The maximum absolute atomic E-state index is 4.40. The van der Waals surface area contributed by atoms with Crippen molar-refractivity contribution in [1.82, 2.24) is 10.2 Å². The van der Waals surface area contributed by atoms with E-state index in [9.17, 15) is 0 Å². The summed E-state index contributed by atoms with van der Waals surface area (Å²) in [6.45, 7) is 20.4. The van der Waals surface area contributed by atoms with Gasteiger partial charge in [0.2, 0.25) is 0 Å². The normalized spacial score (nSPS) is 13.7. The summed E-state index contributed by atoms with van der Waals surface area (Å²) in [5, 5.41) is 9.88. The molecule has 1 aromatic heterocycles. The van der Waals surface area contributed by atoms with Crippen LogP contribution in [0.1, 0.15) is 79.0 Å². The Balaban J connectivity index is 2.91. The molecule has 0 radical (unpaired) electrons. The predicted molar refractivity (Wildman–Crippen MR) is 95.6 cm³/mol. The number of rotatable bonds is 0. The van der Waals surface area contributed by atoms with E-state index < -0.39 is 0 Å². The van der Waals surface area contributed by atoms with E-state index in [0.29, 0.717) is 0 Å². The van der Waals surface area contributed by atoms with Crippen molar-refractivity contribution >= 4 is 10.9 Å². The summed E-state index contributed by atoms with van der Waals surface area (Å²) in [6.07, 6.45) is 1.92. The third kappa shape index (κ3) is 3.16. The molecule has 0 saturated carbocycles. The Kier molecular flexibility index (Phi) is 3.88. The van der Waals surface area contributed by atoms with E-state index in [0.717, 1.165) is 5.52 Å². The summed E-state index contributed by atoms with van der Waals surface area (Å²) in [6, 6.07) is 4.60. The third-order valence-corrected chi connectivity index (χ3v) is 4.20. The van der Waals surface area contributed by atoms with Crippen molar-refractivity contribution < 1.29 is 0 Å². The second-order valence-corrected chi connectivity index (χ2v) is 9.42. The Hall–Kier alpha value is -1.44. The van der Waals surface area contributed by atoms with Crippen molar-refractivity contribution in [3.8, 4) is 0 Å². The number of aromatic nitrogens is 2. The van der Waals surface area contributed by atoms with E-state index in [4.69, 9.17) is 0 Å². The summed E-state index contributed by atoms with van der Waals surface area (Å²) in [4.78, 5) is 0. The maximum Gasteiger partial charge on any atom is 0.0935 e. The number of fused-ring (bicyclic) bond motifs is 1. The molecule has 0 bridgehead atoms. The molecule has 0 amide bonds. The van der Waals surface area contributed by atoms with Gasteiger partial charge in [-0.05, 0) is 45.1 Å². The molecular formula is C20H30N2. The molecule has 2 heteroatoms. The molecule has 22 heavy (non-hydrogen) atoms. The van der Waals surface area contributed by atoms with E-state index >= 15 is 0 Å². The molecule has 0 spiro atoms. The number of hydrogen-bond donors (Lipinski definition) is 0. The molecule has 0 saturated heterocycles. The lowest BCUT2D eigenvalue weighted by molar-refractivity contribution is 0.530. The molecule has 0 aliphatic heterocycles. The summed E-state index contributed by atoms with van der Waals surface area (Å²) >= 11 is 0. The molecule has 0 N–H and O–H groups in total. The molecule has 0 aliphatic carbocycles. The second kappa shape index (κ2) is 5.04. The average molecular weight is 298 g/mol. The Labute approximate surface area is 135 Å². The Bertz CT molecular complexity index is 692. The molecule has 2 nitrogen and oxygen atoms in total. The first-order valence-corrected chi connectivity index (χ1v) is 8.13. The topological polar surface area (TPSA) is 25.8 Å². The Morgan fingerprint density at radius 1 is 0.636 bits per heavy atom. The quantitative estimate of drug-likeness (QED) is 0.639. The van der Waals surface area contributed by atoms with Gasteiger partial charge >= 0.3 is 0 Å². The van der Waals surface area contributed by atoms with Crippen molar-refractivity contribution in [2.24, 2.45) is 0 Å². The fourth-order valence-corrected chi connectivity index (χ4v) is 2.94. The van der Waals surface area contributed by atoms with Crippen LogP contribution in [0.4, 0.5) is 0 Å². The van der Waals surface area contributed by atoms with Gasteiger partial charge in [-0.25, -0.2) is 0 Å². The van der Waals surface area contributed by atoms with Crippen LogP contribution in [0.25, 0.3) is 10.9 Å². The monoisotopic (exact) mass is 298 g/mol. The van der Waals surface area contributed by atoms with Gasteiger partial charge in [-0.15, -0.1) is 0 Å². The average Bonchev–Trinajstić information content (AvgIpc) is 2.33. The van der Waals surface area contributed by atoms with Gasteiger partial charge in [-0.1, -0.05) is 62.3 Å². The van der Waals surface area contributed by atoms with Crippen molar-refractivity contribution in [3.63, 3.8) is 0 Å². The molecule has 0 unspecified atom stereocenters. The molecule has 1 aromatic carbocycles. The van der Waals surface area contributed by atoms with Crippen LogP contribution in [0.2, 0.25) is 0 Å². The summed E-state index contributed by atoms with van der Waals surface area (Å²) in [5.41, 5.74) is 5.31. The Morgan fingerprint density at radius 2 is 1.09 bits per heavy atom. The van der Waals surface area contributed by atoms with Gasteiger partial charge in [0.1, 0.15) is 0 Å². The molecule has 120 valence electrons. The van der Waals surface area contributed by atoms with E-state index in [1.165, 1.54) is 22.1 Å². The molecule has 0 fully saturated rings. The number of nitrogens with zero attached hydrogens (tertiary/aromatic N) is 2. The summed E-state index contributed by atoms with van der Waals surface area (Å²) in [5.74, 6) is 0. The first kappa shape index (κ1) is 16.9. The lowest BCUT2D eigenvalue weighted by Crippen LogP contribution is -2.22. The summed E-state index contributed by atoms with van der Waals surface area (Å²) in [7, 11) is 0. The molecule has 0 aliphatic rings. The van der Waals surface area contributed by atoms with E-state index in [2.05, 4.69) is 84.6 Å². The van der Waals surface area contributed by atoms with Gasteiger partial charge < -0.3 is 0 Å². The van der Waals surface area contributed by atoms with Crippen LogP contribution in [-0.4, -0.2) is 10.2 Å². The third-order valence-electron chi connectivity index (χ3n) is 4.20. The molecule has 1 heterocycles. The summed E-state index contributed by atoms with van der Waals surface area (Å²) < 4.78 is 0. The number of benzene rings is 1. The molecule has 0 atom stereocenters. The predicted octanol–water partition coefficient (Wildman–Crippen LogP) is 5.52. The smallest absolute Gasteiger partial charge is 0.0935 e. The Morgan fingerprint density at radius 3 is 1.55 bits per heavy atom. The highest BCUT2D eigenvalue weighted by atomic mass is 15.1. The van der Waals surface area contributed by atoms with Crippen molar-refractivity contribution in [2.45, 2.75) is 78.6 Å². The highest BCUT2D eigenvalue weighted by molar-refractivity contribution is 5.84. The van der Waals surface area contributed by atoms with Crippen LogP contribution in [0.5, 0.6) is 0 Å². The number of hydrogen-bond acceptors (Lipinski definition) is 2. The van der Waals surface area contributed by atoms with Gasteiger partial charge in [0.25, 0.3) is 0 Å². The highest BCUT2D eigenvalue weighted by Gasteiger charge is 2.27. The van der Waals surface area contributed by atoms with Crippen molar-refractivity contribution in [3.05, 3.63) is 35.0 Å². The fourth-order valence-electron chi connectivity index (χ4n) is 2.94. The first-order chi connectivity index (χ1) is 9.82. The molecular weight excluding hydrogens is 268 g/mol. The minimum atomic E-state index is 0.0621. The lowest BCUT2D eigenvalue weighted by atomic mass is 9.74. The largest absolute Gasteiger partial charge is 0.158 e. The van der Waals surface area contributed by atoms with Gasteiger partial charge in [0, 0.05) is 5.39 Å². The van der Waals surface area contributed by atoms with Crippen LogP contribution in [0, 0.1) is 0 Å². The zero-order valence-electron chi connectivity index (χ0n) is 15.6. The zero-order chi connectivity index (χ0) is 16.9. The van der Waals surface area contributed by atoms with Crippen LogP contribution >= 0.6 is 0 Å². The van der Waals surface area contributed by atoms with E-state index in [1.54, 1.807) is 0 Å². The van der Waals surface area contributed by atoms with Gasteiger partial charge in [0.15, 0.2) is 0 Å². The maximum atomic E-state index is 4.40. The SMILES string of the molecule is CC(C)(C)c1cc2nncc(C(C)(C)C)c2cc1C(C)(C)C. The van der Waals surface area contributed by atoms with Crippen LogP contribution in [-0.2, 0) is 16.2 Å². The molecule has 2 rings (SSSR count). The van der Waals surface area contributed by atoms with Crippen molar-refractivity contribution in [1.29, 1.82) is 0 Å². The second-order valence-electron chi connectivity index (χ2n) is 9.42. The van der Waals surface area contributed by atoms with E-state index in [1.807, 2.05) is 6.20 Å². The van der Waals surface area contributed by atoms with Gasteiger partial charge in [-0.2, -0.15) is 10.2 Å². The first-order valence-electron chi connectivity index (χ1n) is 8.13. The van der Waals surface area contributed by atoms with Crippen LogP contribution in [0.3, 0.4) is 0 Å². The van der Waals surface area contributed by atoms with Crippen LogP contribution < -0.4 is 0 Å². The minimum Gasteiger partial charge on any atom is -0.158 e. The zero-order valence-corrected chi connectivity index (χ0v) is 15.6. The molecule has 2 aromatic rings.